The molecule has 0 atom stereocenters. The number of carbonyl (C=O) groups excluding carboxylic acids is 3. The van der Waals surface area contributed by atoms with Gasteiger partial charge in [0.2, 0.25) is 0 Å². The molecule has 3 aromatic rings. The molecule has 1 heterocycles. The smallest absolute Gasteiger partial charge is 0.333 e. The molecule has 0 saturated carbocycles. The van der Waals surface area contributed by atoms with Gasteiger partial charge in [0.05, 0.1) is 19.6 Å². The van der Waals surface area contributed by atoms with E-state index in [2.05, 4.69) is 0 Å². The molecule has 0 aliphatic carbocycles. The number of ether oxygens (including phenoxy) is 2. The lowest BCUT2D eigenvalue weighted by Crippen LogP contribution is -2.32. The quantitative estimate of drug-likeness (QED) is 0.172. The minimum atomic E-state index is -1.45. The van der Waals surface area contributed by atoms with Crippen LogP contribution in [0.2, 0.25) is 0 Å². The first-order valence-corrected chi connectivity index (χ1v) is 12.7. The van der Waals surface area contributed by atoms with Gasteiger partial charge in [0.15, 0.2) is 0 Å². The second-order valence-electron chi connectivity index (χ2n) is 8.87. The highest BCUT2D eigenvalue weighted by Gasteiger charge is 2.34. The molecule has 0 spiro atoms. The van der Waals surface area contributed by atoms with Crippen LogP contribution in [-0.2, 0) is 31.2 Å². The zero-order valence-corrected chi connectivity index (χ0v) is 21.5. The first-order chi connectivity index (χ1) is 18.3. The molecule has 8 heteroatoms. The summed E-state index contributed by atoms with van der Waals surface area (Å²) in [6, 6.07) is 22.0. The van der Waals surface area contributed by atoms with Crippen molar-refractivity contribution in [3.8, 4) is 11.5 Å². The van der Waals surface area contributed by atoms with Crippen LogP contribution in [0.4, 0.5) is 0 Å². The lowest BCUT2D eigenvalue weighted by atomic mass is 9.80. The van der Waals surface area contributed by atoms with E-state index in [1.54, 1.807) is 0 Å². The van der Waals surface area contributed by atoms with Crippen LogP contribution < -0.4 is 9.47 Å². The Morgan fingerprint density at radius 1 is 0.789 bits per heavy atom. The summed E-state index contributed by atoms with van der Waals surface area (Å²) in [5.74, 6) is -0.237. The lowest BCUT2D eigenvalue weighted by Gasteiger charge is -2.30. The molecular formula is C30H31NO7. The fourth-order valence-electron chi connectivity index (χ4n) is 4.38. The van der Waals surface area contributed by atoms with Crippen LogP contribution in [0.1, 0.15) is 55.4 Å². The van der Waals surface area contributed by atoms with Gasteiger partial charge in [-0.05, 0) is 66.8 Å². The molecule has 8 nitrogen and oxygen atoms in total. The minimum Gasteiger partial charge on any atom is -0.494 e. The van der Waals surface area contributed by atoms with E-state index in [4.69, 9.17) is 14.3 Å². The molecule has 0 aromatic heterocycles. The topological polar surface area (TPSA) is 102 Å². The molecule has 1 N–H and O–H groups in total. The molecule has 1 aliphatic rings. The van der Waals surface area contributed by atoms with Crippen molar-refractivity contribution < 1.29 is 33.8 Å². The van der Waals surface area contributed by atoms with Gasteiger partial charge in [0.25, 0.3) is 11.8 Å². The van der Waals surface area contributed by atoms with Gasteiger partial charge in [-0.25, -0.2) is 4.79 Å². The monoisotopic (exact) mass is 525 g/mol. The maximum atomic E-state index is 12.2. The van der Waals surface area contributed by atoms with Gasteiger partial charge < -0.3 is 19.4 Å². The van der Waals surface area contributed by atoms with Gasteiger partial charge in [-0.3, -0.25) is 9.59 Å². The summed E-state index contributed by atoms with van der Waals surface area (Å²) in [4.78, 5) is 40.4. The number of aliphatic hydroxyl groups is 1. The molecule has 1 aliphatic heterocycles. The van der Waals surface area contributed by atoms with E-state index < -0.39 is 23.4 Å². The van der Waals surface area contributed by atoms with Gasteiger partial charge >= 0.3 is 5.97 Å². The van der Waals surface area contributed by atoms with E-state index in [0.29, 0.717) is 52.9 Å². The van der Waals surface area contributed by atoms with Gasteiger partial charge in [-0.2, -0.15) is 0 Å². The van der Waals surface area contributed by atoms with Crippen LogP contribution in [0.5, 0.6) is 11.5 Å². The number of benzene rings is 3. The molecule has 1 fully saturated rings. The highest BCUT2D eigenvalue weighted by Crippen LogP contribution is 2.38. The molecular weight excluding hydrogens is 494 g/mol. The maximum absolute atomic E-state index is 12.2. The van der Waals surface area contributed by atoms with E-state index in [9.17, 15) is 19.5 Å². The van der Waals surface area contributed by atoms with Gasteiger partial charge in [-0.1, -0.05) is 48.5 Å². The Kier molecular flexibility index (Phi) is 8.43. The number of nitrogens with zero attached hydrogens (tertiary/aromatic N) is 1. The molecule has 2 amide bonds. The van der Waals surface area contributed by atoms with E-state index in [1.807, 2.05) is 86.6 Å². The molecule has 0 bridgehead atoms. The average Bonchev–Trinajstić information content (AvgIpc) is 3.25. The summed E-state index contributed by atoms with van der Waals surface area (Å²) >= 11 is 0. The van der Waals surface area contributed by atoms with Crippen molar-refractivity contribution in [2.75, 3.05) is 13.2 Å². The van der Waals surface area contributed by atoms with Crippen molar-refractivity contribution in [1.82, 2.24) is 5.06 Å². The van der Waals surface area contributed by atoms with Crippen LogP contribution in [0.25, 0.3) is 0 Å². The third-order valence-electron chi connectivity index (χ3n) is 6.35. The Hall–Kier alpha value is -4.17. The van der Waals surface area contributed by atoms with Crippen molar-refractivity contribution in [1.29, 1.82) is 0 Å². The Morgan fingerprint density at radius 2 is 1.21 bits per heavy atom. The number of rotatable bonds is 11. The normalized spacial score (nSPS) is 13.5. The second kappa shape index (κ2) is 11.9. The van der Waals surface area contributed by atoms with Crippen molar-refractivity contribution in [3.63, 3.8) is 0 Å². The first kappa shape index (κ1) is 26.9. The number of hydrogen-bond donors (Lipinski definition) is 1. The minimum absolute atomic E-state index is 0.00153. The predicted molar refractivity (Wildman–Crippen MR) is 139 cm³/mol. The number of amides is 2. The summed E-state index contributed by atoms with van der Waals surface area (Å²) in [6.07, 6.45) is 0.455. The lowest BCUT2D eigenvalue weighted by molar-refractivity contribution is -0.197. The Balaban J connectivity index is 1.55. The van der Waals surface area contributed by atoms with Crippen LogP contribution in [0, 0.1) is 0 Å². The average molecular weight is 526 g/mol. The number of aryl methyl sites for hydroxylation is 1. The first-order valence-electron chi connectivity index (χ1n) is 12.7. The van der Waals surface area contributed by atoms with Gasteiger partial charge in [0.1, 0.15) is 17.1 Å². The van der Waals surface area contributed by atoms with Crippen molar-refractivity contribution in [2.45, 2.75) is 45.1 Å². The highest BCUT2D eigenvalue weighted by molar-refractivity contribution is 6.01. The second-order valence-corrected chi connectivity index (χ2v) is 8.87. The fourth-order valence-corrected chi connectivity index (χ4v) is 4.38. The van der Waals surface area contributed by atoms with Crippen molar-refractivity contribution >= 4 is 17.8 Å². The zero-order chi connectivity index (χ0) is 27.1. The molecule has 0 unspecified atom stereocenters. The molecule has 4 rings (SSSR count). The van der Waals surface area contributed by atoms with E-state index >= 15 is 0 Å². The molecule has 1 saturated heterocycles. The standard InChI is InChI=1S/C30H31NO7/c1-3-36-25-14-10-23(11-15-25)30(35,24-12-16-26(17-13-24)37-4-2)22-8-5-21(6-9-22)7-20-29(34)38-31-27(32)18-19-28(31)33/h5-6,8-17,35H,3-4,7,18-20H2,1-2H3/i1+1,2+1,3+1,4+1,36+2,37+2. The summed E-state index contributed by atoms with van der Waals surface area (Å²) in [7, 11) is 0. The number of hydroxylamine groups is 2. The molecule has 38 heavy (non-hydrogen) atoms. The number of hydrogen-bond acceptors (Lipinski definition) is 7. The van der Waals surface area contributed by atoms with E-state index in [-0.39, 0.29) is 19.3 Å². The summed E-state index contributed by atoms with van der Waals surface area (Å²) in [6.45, 7) is 4.91. The molecule has 198 valence electrons. The third kappa shape index (κ3) is 5.86. The van der Waals surface area contributed by atoms with E-state index in [1.165, 1.54) is 0 Å². The summed E-state index contributed by atoms with van der Waals surface area (Å²) in [5.41, 5.74) is 1.36. The third-order valence-corrected chi connectivity index (χ3v) is 6.35. The van der Waals surface area contributed by atoms with E-state index in [0.717, 1.165) is 5.56 Å². The van der Waals surface area contributed by atoms with Crippen molar-refractivity contribution in [2.24, 2.45) is 0 Å². The summed E-state index contributed by atoms with van der Waals surface area (Å²) < 4.78 is 11.1. The summed E-state index contributed by atoms with van der Waals surface area (Å²) in [5, 5.41) is 12.7. The largest absolute Gasteiger partial charge is 0.494 e. The Bertz CT molecular complexity index is 1200. The SMILES string of the molecule is [13CH3][13CH2][18O]c1ccc(C(O)(c2ccc(CCC(=O)ON3C(=O)CCC3=O)cc2)c2ccc([18O][13CH2][13CH3])cc2)cc1. The Labute approximate surface area is 221 Å². The van der Waals surface area contributed by atoms with Crippen molar-refractivity contribution in [3.05, 3.63) is 95.1 Å². The van der Waals surface area contributed by atoms with Crippen LogP contribution in [0.3, 0.4) is 0 Å². The van der Waals surface area contributed by atoms with Crippen LogP contribution in [0.15, 0.2) is 72.8 Å². The predicted octanol–water partition coefficient (Wildman–Crippen LogP) is 4.31. The van der Waals surface area contributed by atoms with Gasteiger partial charge in [0, 0.05) is 12.8 Å². The van der Waals surface area contributed by atoms with Gasteiger partial charge in [-0.15, -0.1) is 5.06 Å². The maximum Gasteiger partial charge on any atom is 0.333 e. The number of imide groups is 1. The Morgan fingerprint density at radius 3 is 1.63 bits per heavy atom. The number of carbonyl (C=O) groups is 3. The highest BCUT2D eigenvalue weighted by atomic mass is 18.4. The van der Waals surface area contributed by atoms with Crippen LogP contribution >= 0.6 is 0 Å². The fraction of sp³-hybridized carbons (Fsp3) is 0.300. The molecule has 0 radical (unpaired) electrons. The zero-order valence-electron chi connectivity index (χ0n) is 21.5. The molecule has 3 aromatic carbocycles. The van der Waals surface area contributed by atoms with Crippen LogP contribution in [-0.4, -0.2) is 41.2 Å².